The van der Waals surface area contributed by atoms with Gasteiger partial charge in [-0.1, -0.05) is 6.92 Å². The van der Waals surface area contributed by atoms with Crippen LogP contribution in [0.15, 0.2) is 0 Å². The molecule has 0 bridgehead atoms. The second-order valence-corrected chi connectivity index (χ2v) is 5.66. The number of amides is 1. The van der Waals surface area contributed by atoms with Gasteiger partial charge in [0, 0.05) is 19.6 Å². The number of hydrogen-bond donors (Lipinski definition) is 0. The standard InChI is InChI=1S/C13H26N2O2/c1-5-7-14-8-6-9-15(11-10-14)12(16)17-13(2,3)4/h5-11H2,1-4H3. The second kappa shape index (κ2) is 6.24. The van der Waals surface area contributed by atoms with Crippen molar-refractivity contribution in [2.75, 3.05) is 32.7 Å². The van der Waals surface area contributed by atoms with Crippen LogP contribution in [0.4, 0.5) is 4.79 Å². The molecule has 0 saturated carbocycles. The molecule has 4 heteroatoms. The van der Waals surface area contributed by atoms with Crippen LogP contribution in [-0.2, 0) is 4.74 Å². The molecule has 17 heavy (non-hydrogen) atoms. The molecule has 0 unspecified atom stereocenters. The Bertz CT molecular complexity index is 248. The van der Waals surface area contributed by atoms with Crippen LogP contribution in [-0.4, -0.2) is 54.2 Å². The molecule has 1 aliphatic heterocycles. The van der Waals surface area contributed by atoms with E-state index < -0.39 is 5.60 Å². The fourth-order valence-electron chi connectivity index (χ4n) is 2.02. The third kappa shape index (κ3) is 5.39. The highest BCUT2D eigenvalue weighted by molar-refractivity contribution is 5.68. The molecule has 100 valence electrons. The lowest BCUT2D eigenvalue weighted by atomic mass is 10.2. The number of carbonyl (C=O) groups excluding carboxylic acids is 1. The van der Waals surface area contributed by atoms with Crippen LogP contribution >= 0.6 is 0 Å². The first kappa shape index (κ1) is 14.3. The molecule has 0 aromatic heterocycles. The summed E-state index contributed by atoms with van der Waals surface area (Å²) in [4.78, 5) is 16.2. The molecule has 0 aliphatic carbocycles. The summed E-state index contributed by atoms with van der Waals surface area (Å²) in [6.07, 6.45) is 2.04. The fraction of sp³-hybridized carbons (Fsp3) is 0.923. The molecule has 1 amide bonds. The van der Waals surface area contributed by atoms with Crippen molar-refractivity contribution in [1.82, 2.24) is 9.80 Å². The number of ether oxygens (including phenoxy) is 1. The summed E-state index contributed by atoms with van der Waals surface area (Å²) in [5, 5.41) is 0. The predicted octanol–water partition coefficient (Wildman–Crippen LogP) is 2.34. The van der Waals surface area contributed by atoms with Gasteiger partial charge in [-0.15, -0.1) is 0 Å². The Balaban J connectivity index is 2.43. The van der Waals surface area contributed by atoms with E-state index in [4.69, 9.17) is 4.74 Å². The number of hydrogen-bond acceptors (Lipinski definition) is 3. The first-order valence-corrected chi connectivity index (χ1v) is 6.62. The highest BCUT2D eigenvalue weighted by Crippen LogP contribution is 2.12. The summed E-state index contributed by atoms with van der Waals surface area (Å²) in [6.45, 7) is 12.7. The number of rotatable bonds is 2. The lowest BCUT2D eigenvalue weighted by molar-refractivity contribution is 0.0258. The van der Waals surface area contributed by atoms with E-state index in [9.17, 15) is 4.79 Å². The van der Waals surface area contributed by atoms with Gasteiger partial charge in [-0.3, -0.25) is 0 Å². The minimum absolute atomic E-state index is 0.171. The maximum absolute atomic E-state index is 11.9. The van der Waals surface area contributed by atoms with Crippen molar-refractivity contribution in [3.63, 3.8) is 0 Å². The van der Waals surface area contributed by atoms with Crippen LogP contribution in [0, 0.1) is 0 Å². The Morgan fingerprint density at radius 1 is 1.18 bits per heavy atom. The summed E-state index contributed by atoms with van der Waals surface area (Å²) in [6, 6.07) is 0. The third-order valence-electron chi connectivity index (χ3n) is 2.78. The van der Waals surface area contributed by atoms with Gasteiger partial charge in [0.25, 0.3) is 0 Å². The Morgan fingerprint density at radius 2 is 1.88 bits per heavy atom. The highest BCUT2D eigenvalue weighted by Gasteiger charge is 2.23. The van der Waals surface area contributed by atoms with Gasteiger partial charge < -0.3 is 14.5 Å². The first-order chi connectivity index (χ1) is 7.92. The minimum Gasteiger partial charge on any atom is -0.444 e. The Hall–Kier alpha value is -0.770. The Morgan fingerprint density at radius 3 is 2.47 bits per heavy atom. The minimum atomic E-state index is -0.396. The van der Waals surface area contributed by atoms with E-state index in [0.717, 1.165) is 39.1 Å². The molecular formula is C13H26N2O2. The highest BCUT2D eigenvalue weighted by atomic mass is 16.6. The molecule has 0 atom stereocenters. The summed E-state index contributed by atoms with van der Waals surface area (Å²) in [5.41, 5.74) is -0.396. The topological polar surface area (TPSA) is 32.8 Å². The van der Waals surface area contributed by atoms with Gasteiger partial charge >= 0.3 is 6.09 Å². The van der Waals surface area contributed by atoms with Gasteiger partial charge in [0.1, 0.15) is 5.60 Å². The molecule has 0 spiro atoms. The number of nitrogens with zero attached hydrogens (tertiary/aromatic N) is 2. The van der Waals surface area contributed by atoms with Gasteiger partial charge in [0.15, 0.2) is 0 Å². The SMILES string of the molecule is CCCN1CCCN(C(=O)OC(C)(C)C)CC1. The Kier molecular flexibility index (Phi) is 5.25. The predicted molar refractivity (Wildman–Crippen MR) is 69.2 cm³/mol. The number of carbonyl (C=O) groups is 1. The maximum Gasteiger partial charge on any atom is 0.410 e. The first-order valence-electron chi connectivity index (χ1n) is 6.62. The second-order valence-electron chi connectivity index (χ2n) is 5.66. The van der Waals surface area contributed by atoms with Gasteiger partial charge in [0.05, 0.1) is 0 Å². The zero-order valence-corrected chi connectivity index (χ0v) is 11.7. The summed E-state index contributed by atoms with van der Waals surface area (Å²) < 4.78 is 5.40. The zero-order chi connectivity index (χ0) is 12.9. The largest absolute Gasteiger partial charge is 0.444 e. The van der Waals surface area contributed by atoms with Crippen molar-refractivity contribution < 1.29 is 9.53 Å². The normalized spacial score (nSPS) is 18.9. The molecule has 0 radical (unpaired) electrons. The molecule has 1 aliphatic rings. The average Bonchev–Trinajstić information content (AvgIpc) is 2.41. The van der Waals surface area contributed by atoms with Crippen molar-refractivity contribution in [2.45, 2.75) is 46.1 Å². The van der Waals surface area contributed by atoms with Crippen LogP contribution in [0.1, 0.15) is 40.5 Å². The Labute approximate surface area is 105 Å². The summed E-state index contributed by atoms with van der Waals surface area (Å²) >= 11 is 0. The van der Waals surface area contributed by atoms with Crippen LogP contribution in [0.2, 0.25) is 0 Å². The smallest absolute Gasteiger partial charge is 0.410 e. The van der Waals surface area contributed by atoms with Gasteiger partial charge in [-0.05, 0) is 46.7 Å². The monoisotopic (exact) mass is 242 g/mol. The lowest BCUT2D eigenvalue weighted by Crippen LogP contribution is -2.39. The quantitative estimate of drug-likeness (QED) is 0.745. The van der Waals surface area contributed by atoms with E-state index in [1.165, 1.54) is 6.42 Å². The molecule has 4 nitrogen and oxygen atoms in total. The average molecular weight is 242 g/mol. The summed E-state index contributed by atoms with van der Waals surface area (Å²) in [5.74, 6) is 0. The molecular weight excluding hydrogens is 216 g/mol. The van der Waals surface area contributed by atoms with Gasteiger partial charge in [-0.25, -0.2) is 4.79 Å². The maximum atomic E-state index is 11.9. The van der Waals surface area contributed by atoms with E-state index in [1.54, 1.807) is 0 Å². The molecule has 0 aromatic rings. The van der Waals surface area contributed by atoms with E-state index in [0.29, 0.717) is 0 Å². The molecule has 0 N–H and O–H groups in total. The van der Waals surface area contributed by atoms with E-state index in [2.05, 4.69) is 11.8 Å². The van der Waals surface area contributed by atoms with Crippen molar-refractivity contribution in [2.24, 2.45) is 0 Å². The van der Waals surface area contributed by atoms with Crippen molar-refractivity contribution in [1.29, 1.82) is 0 Å². The fourth-order valence-corrected chi connectivity index (χ4v) is 2.02. The van der Waals surface area contributed by atoms with Crippen LogP contribution in [0.5, 0.6) is 0 Å². The van der Waals surface area contributed by atoms with E-state index >= 15 is 0 Å². The molecule has 1 heterocycles. The molecule has 1 rings (SSSR count). The van der Waals surface area contributed by atoms with E-state index in [-0.39, 0.29) is 6.09 Å². The molecule has 1 fully saturated rings. The summed E-state index contributed by atoms with van der Waals surface area (Å²) in [7, 11) is 0. The zero-order valence-electron chi connectivity index (χ0n) is 11.7. The molecule has 0 aromatic carbocycles. The van der Waals surface area contributed by atoms with E-state index in [1.807, 2.05) is 25.7 Å². The van der Waals surface area contributed by atoms with Crippen molar-refractivity contribution in [3.05, 3.63) is 0 Å². The van der Waals surface area contributed by atoms with Crippen LogP contribution in [0.25, 0.3) is 0 Å². The van der Waals surface area contributed by atoms with Gasteiger partial charge in [-0.2, -0.15) is 0 Å². The van der Waals surface area contributed by atoms with Gasteiger partial charge in [0.2, 0.25) is 0 Å². The van der Waals surface area contributed by atoms with Crippen molar-refractivity contribution >= 4 is 6.09 Å². The van der Waals surface area contributed by atoms with Crippen LogP contribution < -0.4 is 0 Å². The molecule has 1 saturated heterocycles. The lowest BCUT2D eigenvalue weighted by Gasteiger charge is -2.26. The van der Waals surface area contributed by atoms with Crippen LogP contribution in [0.3, 0.4) is 0 Å². The van der Waals surface area contributed by atoms with Crippen molar-refractivity contribution in [3.8, 4) is 0 Å². The third-order valence-corrected chi connectivity index (χ3v) is 2.78.